The van der Waals surface area contributed by atoms with Crippen LogP contribution in [0.1, 0.15) is 5.56 Å². The molecule has 0 spiro atoms. The van der Waals surface area contributed by atoms with Crippen molar-refractivity contribution in [1.82, 2.24) is 14.5 Å². The van der Waals surface area contributed by atoms with Crippen molar-refractivity contribution in [3.05, 3.63) is 58.5 Å². The molecular weight excluding hydrogens is 372 g/mol. The number of hydrogen-bond acceptors (Lipinski definition) is 4. The van der Waals surface area contributed by atoms with Crippen molar-refractivity contribution in [2.24, 2.45) is 7.05 Å². The number of aryl methyl sites for hydroxylation is 1. The Kier molecular flexibility index (Phi) is 5.62. The molecule has 7 nitrogen and oxygen atoms in total. The molecular formula is C19H19F2N3O4. The summed E-state index contributed by atoms with van der Waals surface area (Å²) in [5.74, 6) is -0.308. The summed E-state index contributed by atoms with van der Waals surface area (Å²) in [6.07, 6.45) is 0. The fourth-order valence-electron chi connectivity index (χ4n) is 2.93. The topological polar surface area (TPSA) is 74.5 Å². The van der Waals surface area contributed by atoms with E-state index in [0.29, 0.717) is 11.1 Å². The van der Waals surface area contributed by atoms with Gasteiger partial charge in [0.05, 0.1) is 18.1 Å². The number of carbonyl (C=O) groups excluding carboxylic acids is 1. The summed E-state index contributed by atoms with van der Waals surface area (Å²) >= 11 is 0. The number of rotatable bonds is 7. The lowest BCUT2D eigenvalue weighted by molar-refractivity contribution is -0.121. The molecule has 0 aliphatic carbocycles. The third-order valence-electron chi connectivity index (χ3n) is 4.29. The van der Waals surface area contributed by atoms with Crippen LogP contribution in [0.4, 0.5) is 8.78 Å². The molecule has 1 N–H and O–H groups in total. The molecule has 0 aliphatic heterocycles. The van der Waals surface area contributed by atoms with Crippen molar-refractivity contribution in [3.8, 4) is 11.5 Å². The van der Waals surface area contributed by atoms with Crippen LogP contribution < -0.4 is 20.5 Å². The summed E-state index contributed by atoms with van der Waals surface area (Å²) in [5.41, 5.74) is 1.75. The quantitative estimate of drug-likeness (QED) is 0.671. The van der Waals surface area contributed by atoms with Crippen molar-refractivity contribution in [2.45, 2.75) is 19.7 Å². The SMILES string of the molecule is COc1cc(CNC(=O)Cn2c(=O)n(C)c3ccccc32)ccc1OC(F)F. The molecule has 0 unspecified atom stereocenters. The van der Waals surface area contributed by atoms with Gasteiger partial charge in [0.2, 0.25) is 5.91 Å². The number of alkyl halides is 2. The number of amides is 1. The summed E-state index contributed by atoms with van der Waals surface area (Å²) in [5, 5.41) is 2.71. The molecule has 2 aromatic carbocycles. The highest BCUT2D eigenvalue weighted by molar-refractivity contribution is 5.80. The summed E-state index contributed by atoms with van der Waals surface area (Å²) in [7, 11) is 2.98. The predicted octanol–water partition coefficient (Wildman–Crippen LogP) is 2.27. The zero-order valence-electron chi connectivity index (χ0n) is 15.3. The lowest BCUT2D eigenvalue weighted by Gasteiger charge is -2.12. The molecule has 28 heavy (non-hydrogen) atoms. The molecule has 148 valence electrons. The summed E-state index contributed by atoms with van der Waals surface area (Å²) in [6, 6.07) is 11.6. The summed E-state index contributed by atoms with van der Waals surface area (Å²) < 4.78 is 37.0. The highest BCUT2D eigenvalue weighted by atomic mass is 19.3. The number of aromatic nitrogens is 2. The van der Waals surface area contributed by atoms with E-state index in [2.05, 4.69) is 10.1 Å². The maximum atomic E-state index is 12.4. The molecule has 0 bridgehead atoms. The smallest absolute Gasteiger partial charge is 0.387 e. The van der Waals surface area contributed by atoms with Crippen LogP contribution in [0.15, 0.2) is 47.3 Å². The third kappa shape index (κ3) is 3.98. The second-order valence-electron chi connectivity index (χ2n) is 6.06. The van der Waals surface area contributed by atoms with E-state index in [9.17, 15) is 18.4 Å². The monoisotopic (exact) mass is 391 g/mol. The van der Waals surface area contributed by atoms with E-state index in [4.69, 9.17) is 4.74 Å². The van der Waals surface area contributed by atoms with Crippen LogP contribution in [0, 0.1) is 0 Å². The molecule has 0 saturated carbocycles. The van der Waals surface area contributed by atoms with Gasteiger partial charge in [0.25, 0.3) is 0 Å². The average Bonchev–Trinajstić information content (AvgIpc) is 2.92. The van der Waals surface area contributed by atoms with Gasteiger partial charge in [-0.15, -0.1) is 0 Å². The Morgan fingerprint density at radius 1 is 1.14 bits per heavy atom. The Bertz CT molecular complexity index is 1060. The minimum atomic E-state index is -2.96. The Hall–Kier alpha value is -3.36. The van der Waals surface area contributed by atoms with Gasteiger partial charge in [-0.1, -0.05) is 18.2 Å². The number of methoxy groups -OCH3 is 1. The molecule has 1 heterocycles. The third-order valence-corrected chi connectivity index (χ3v) is 4.29. The number of nitrogens with zero attached hydrogens (tertiary/aromatic N) is 2. The molecule has 3 aromatic rings. The van der Waals surface area contributed by atoms with Crippen LogP contribution >= 0.6 is 0 Å². The van der Waals surface area contributed by atoms with Crippen molar-refractivity contribution in [2.75, 3.05) is 7.11 Å². The minimum Gasteiger partial charge on any atom is -0.493 e. The molecule has 1 aromatic heterocycles. The first-order valence-electron chi connectivity index (χ1n) is 8.43. The fourth-order valence-corrected chi connectivity index (χ4v) is 2.93. The number of fused-ring (bicyclic) bond motifs is 1. The van der Waals surface area contributed by atoms with Gasteiger partial charge in [-0.2, -0.15) is 8.78 Å². The van der Waals surface area contributed by atoms with Gasteiger partial charge in [-0.3, -0.25) is 13.9 Å². The van der Waals surface area contributed by atoms with Crippen LogP contribution in [0.25, 0.3) is 11.0 Å². The molecule has 0 fully saturated rings. The summed E-state index contributed by atoms with van der Waals surface area (Å²) in [6.45, 7) is -2.95. The lowest BCUT2D eigenvalue weighted by atomic mass is 10.2. The Labute approximate surface area is 159 Å². The molecule has 1 amide bonds. The summed E-state index contributed by atoms with van der Waals surface area (Å²) in [4.78, 5) is 24.7. The second-order valence-corrected chi connectivity index (χ2v) is 6.06. The molecule has 3 rings (SSSR count). The van der Waals surface area contributed by atoms with E-state index in [1.54, 1.807) is 31.3 Å². The Morgan fingerprint density at radius 3 is 2.54 bits per heavy atom. The second kappa shape index (κ2) is 8.12. The van der Waals surface area contributed by atoms with Gasteiger partial charge < -0.3 is 14.8 Å². The van der Waals surface area contributed by atoms with E-state index >= 15 is 0 Å². The van der Waals surface area contributed by atoms with Crippen LogP contribution in [0.3, 0.4) is 0 Å². The molecule has 0 radical (unpaired) electrons. The largest absolute Gasteiger partial charge is 0.493 e. The fraction of sp³-hybridized carbons (Fsp3) is 0.263. The number of halogens is 2. The normalized spacial score (nSPS) is 11.0. The zero-order chi connectivity index (χ0) is 20.3. The van der Waals surface area contributed by atoms with E-state index in [0.717, 1.165) is 5.52 Å². The maximum Gasteiger partial charge on any atom is 0.387 e. The van der Waals surface area contributed by atoms with Crippen LogP contribution in [-0.4, -0.2) is 28.8 Å². The van der Waals surface area contributed by atoms with E-state index in [1.807, 2.05) is 6.07 Å². The lowest BCUT2D eigenvalue weighted by Crippen LogP contribution is -2.32. The zero-order valence-corrected chi connectivity index (χ0v) is 15.3. The van der Waals surface area contributed by atoms with E-state index < -0.39 is 6.61 Å². The Morgan fingerprint density at radius 2 is 1.86 bits per heavy atom. The van der Waals surface area contributed by atoms with Crippen molar-refractivity contribution in [3.63, 3.8) is 0 Å². The van der Waals surface area contributed by atoms with Crippen LogP contribution in [-0.2, 0) is 24.9 Å². The maximum absolute atomic E-state index is 12.4. The number of nitrogens with one attached hydrogen (secondary N) is 1. The van der Waals surface area contributed by atoms with Crippen molar-refractivity contribution < 1.29 is 23.0 Å². The minimum absolute atomic E-state index is 0.0881. The first-order chi connectivity index (χ1) is 13.4. The van der Waals surface area contributed by atoms with Gasteiger partial charge in [0, 0.05) is 13.6 Å². The van der Waals surface area contributed by atoms with Gasteiger partial charge in [-0.25, -0.2) is 4.79 Å². The number of benzene rings is 2. The van der Waals surface area contributed by atoms with Gasteiger partial charge in [0.1, 0.15) is 6.54 Å². The number of carbonyl (C=O) groups is 1. The number of hydrogen-bond donors (Lipinski definition) is 1. The van der Waals surface area contributed by atoms with Gasteiger partial charge in [0.15, 0.2) is 11.5 Å². The highest BCUT2D eigenvalue weighted by Gasteiger charge is 2.14. The van der Waals surface area contributed by atoms with Crippen LogP contribution in [0.2, 0.25) is 0 Å². The molecule has 0 atom stereocenters. The van der Waals surface area contributed by atoms with E-state index in [1.165, 1.54) is 28.4 Å². The number of ether oxygens (including phenoxy) is 2. The number of imidazole rings is 1. The molecule has 0 aliphatic rings. The molecule has 0 saturated heterocycles. The number of para-hydroxylation sites is 2. The van der Waals surface area contributed by atoms with Crippen molar-refractivity contribution in [1.29, 1.82) is 0 Å². The van der Waals surface area contributed by atoms with Crippen LogP contribution in [0.5, 0.6) is 11.5 Å². The highest BCUT2D eigenvalue weighted by Crippen LogP contribution is 2.29. The van der Waals surface area contributed by atoms with Crippen molar-refractivity contribution >= 4 is 16.9 Å². The first kappa shape index (κ1) is 19.4. The predicted molar refractivity (Wildman–Crippen MR) is 98.7 cm³/mol. The standard InChI is InChI=1S/C19H19F2N3O4/c1-23-13-5-3-4-6-14(13)24(19(23)26)11-17(25)22-10-12-7-8-15(28-18(20)21)16(9-12)27-2/h3-9,18H,10-11H2,1-2H3,(H,22,25). The molecule has 9 heteroatoms. The first-order valence-corrected chi connectivity index (χ1v) is 8.43. The van der Waals surface area contributed by atoms with E-state index in [-0.39, 0.29) is 36.2 Å². The average molecular weight is 391 g/mol. The Balaban J connectivity index is 1.70. The van der Waals surface area contributed by atoms with Gasteiger partial charge >= 0.3 is 12.3 Å². The van der Waals surface area contributed by atoms with Gasteiger partial charge in [-0.05, 0) is 29.8 Å².